The van der Waals surface area contributed by atoms with Crippen molar-refractivity contribution in [2.24, 2.45) is 5.73 Å². The zero-order valence-electron chi connectivity index (χ0n) is 11.0. The van der Waals surface area contributed by atoms with Crippen LogP contribution in [0.1, 0.15) is 17.5 Å². The van der Waals surface area contributed by atoms with Crippen LogP contribution >= 0.6 is 0 Å². The first kappa shape index (κ1) is 15.7. The summed E-state index contributed by atoms with van der Waals surface area (Å²) < 4.78 is 51.1. The largest absolute Gasteiger partial charge is 0.480 e. The Balaban J connectivity index is 2.15. The van der Waals surface area contributed by atoms with Gasteiger partial charge in [0.2, 0.25) is 0 Å². The predicted octanol–water partition coefficient (Wildman–Crippen LogP) is 1.83. The molecule has 1 saturated heterocycles. The Morgan fingerprint density at radius 3 is 2.57 bits per heavy atom. The number of hydrogen-bond acceptors (Lipinski definition) is 3. The fourth-order valence-electron chi connectivity index (χ4n) is 2.39. The quantitative estimate of drug-likeness (QED) is 0.836. The van der Waals surface area contributed by atoms with Crippen LogP contribution in [0.2, 0.25) is 0 Å². The molecule has 0 bridgehead atoms. The third-order valence-electron chi connectivity index (χ3n) is 3.50. The third kappa shape index (κ3) is 3.51. The SMILES string of the molecule is NC1(C(=O)O)CCN(Cc2cc(F)cc(C(F)(F)F)c2)C1. The molecule has 4 nitrogen and oxygen atoms in total. The minimum atomic E-state index is -4.62. The zero-order valence-corrected chi connectivity index (χ0v) is 11.0. The topological polar surface area (TPSA) is 66.6 Å². The lowest BCUT2D eigenvalue weighted by Gasteiger charge is -2.20. The maximum atomic E-state index is 13.3. The molecule has 0 amide bonds. The fraction of sp³-hybridized carbons (Fsp3) is 0.462. The van der Waals surface area contributed by atoms with Gasteiger partial charge in [0.1, 0.15) is 11.4 Å². The Labute approximate surface area is 118 Å². The summed E-state index contributed by atoms with van der Waals surface area (Å²) in [6.45, 7) is 0.369. The minimum Gasteiger partial charge on any atom is -0.480 e. The summed E-state index contributed by atoms with van der Waals surface area (Å²) in [4.78, 5) is 12.6. The highest BCUT2D eigenvalue weighted by Crippen LogP contribution is 2.31. The van der Waals surface area contributed by atoms with Crippen LogP contribution in [0.4, 0.5) is 17.6 Å². The first-order chi connectivity index (χ1) is 9.60. The van der Waals surface area contributed by atoms with Crippen molar-refractivity contribution >= 4 is 5.97 Å². The van der Waals surface area contributed by atoms with E-state index in [4.69, 9.17) is 10.8 Å². The van der Waals surface area contributed by atoms with Crippen molar-refractivity contribution in [2.45, 2.75) is 24.7 Å². The standard InChI is InChI=1S/C13H14F4N2O2/c14-10-4-8(3-9(5-10)13(15,16)17)6-19-2-1-12(18,7-19)11(20)21/h3-5H,1-2,6-7,18H2,(H,20,21). The van der Waals surface area contributed by atoms with Gasteiger partial charge in [-0.25, -0.2) is 4.39 Å². The Hall–Kier alpha value is -1.67. The van der Waals surface area contributed by atoms with Gasteiger partial charge in [-0.2, -0.15) is 13.2 Å². The molecule has 1 aromatic carbocycles. The molecular weight excluding hydrogens is 292 g/mol. The molecule has 0 aliphatic carbocycles. The highest BCUT2D eigenvalue weighted by molar-refractivity contribution is 5.79. The monoisotopic (exact) mass is 306 g/mol. The van der Waals surface area contributed by atoms with E-state index in [1.54, 1.807) is 4.90 Å². The lowest BCUT2D eigenvalue weighted by molar-refractivity contribution is -0.142. The average molecular weight is 306 g/mol. The maximum Gasteiger partial charge on any atom is 0.416 e. The molecular formula is C13H14F4N2O2. The molecule has 1 fully saturated rings. The summed E-state index contributed by atoms with van der Waals surface area (Å²) in [6.07, 6.45) is -4.43. The van der Waals surface area contributed by atoms with Crippen molar-refractivity contribution in [3.05, 3.63) is 35.1 Å². The average Bonchev–Trinajstić information content (AvgIpc) is 2.70. The number of rotatable bonds is 3. The molecule has 21 heavy (non-hydrogen) atoms. The van der Waals surface area contributed by atoms with Crippen LogP contribution in [0.15, 0.2) is 18.2 Å². The third-order valence-corrected chi connectivity index (χ3v) is 3.50. The highest BCUT2D eigenvalue weighted by atomic mass is 19.4. The van der Waals surface area contributed by atoms with Gasteiger partial charge in [-0.15, -0.1) is 0 Å². The number of nitrogens with zero attached hydrogens (tertiary/aromatic N) is 1. The number of alkyl halides is 3. The van der Waals surface area contributed by atoms with Crippen LogP contribution in [0.25, 0.3) is 0 Å². The second-order valence-corrected chi connectivity index (χ2v) is 5.27. The number of carboxylic acid groups (broad SMARTS) is 1. The highest BCUT2D eigenvalue weighted by Gasteiger charge is 2.41. The number of benzene rings is 1. The van der Waals surface area contributed by atoms with Gasteiger partial charge in [0.15, 0.2) is 0 Å². The van der Waals surface area contributed by atoms with Gasteiger partial charge in [0.25, 0.3) is 0 Å². The molecule has 1 aliphatic rings. The van der Waals surface area contributed by atoms with Gasteiger partial charge in [-0.3, -0.25) is 9.69 Å². The van der Waals surface area contributed by atoms with E-state index in [0.29, 0.717) is 12.6 Å². The van der Waals surface area contributed by atoms with Crippen molar-refractivity contribution in [3.63, 3.8) is 0 Å². The van der Waals surface area contributed by atoms with Gasteiger partial charge in [-0.1, -0.05) is 0 Å². The van der Waals surface area contributed by atoms with E-state index < -0.39 is 29.1 Å². The van der Waals surface area contributed by atoms with Crippen LogP contribution < -0.4 is 5.73 Å². The molecule has 0 aromatic heterocycles. The summed E-state index contributed by atoms with van der Waals surface area (Å²) in [5.74, 6) is -2.13. The summed E-state index contributed by atoms with van der Waals surface area (Å²) in [7, 11) is 0. The number of nitrogens with two attached hydrogens (primary N) is 1. The van der Waals surface area contributed by atoms with E-state index in [2.05, 4.69) is 0 Å². The Bertz CT molecular complexity index is 562. The number of carboxylic acids is 1. The second-order valence-electron chi connectivity index (χ2n) is 5.27. The van der Waals surface area contributed by atoms with E-state index in [1.165, 1.54) is 0 Å². The Morgan fingerprint density at radius 1 is 1.38 bits per heavy atom. The second kappa shape index (κ2) is 5.27. The first-order valence-corrected chi connectivity index (χ1v) is 6.21. The van der Waals surface area contributed by atoms with Gasteiger partial charge in [0, 0.05) is 19.6 Å². The molecule has 3 N–H and O–H groups in total. The maximum absolute atomic E-state index is 13.3. The predicted molar refractivity (Wildman–Crippen MR) is 65.9 cm³/mol. The van der Waals surface area contributed by atoms with Gasteiger partial charge >= 0.3 is 12.1 Å². The Kier molecular flexibility index (Phi) is 3.94. The van der Waals surface area contributed by atoms with Gasteiger partial charge in [0.05, 0.1) is 5.56 Å². The van der Waals surface area contributed by atoms with Gasteiger partial charge in [-0.05, 0) is 30.2 Å². The van der Waals surface area contributed by atoms with Crippen LogP contribution in [0.5, 0.6) is 0 Å². The van der Waals surface area contributed by atoms with Gasteiger partial charge < -0.3 is 10.8 Å². The molecule has 1 aromatic rings. The summed E-state index contributed by atoms with van der Waals surface area (Å²) in [6, 6.07) is 2.30. The normalized spacial score (nSPS) is 23.5. The molecule has 1 heterocycles. The molecule has 1 unspecified atom stereocenters. The first-order valence-electron chi connectivity index (χ1n) is 6.21. The van der Waals surface area contributed by atoms with E-state index in [9.17, 15) is 22.4 Å². The lowest BCUT2D eigenvalue weighted by atomic mass is 10.0. The van der Waals surface area contributed by atoms with Crippen LogP contribution in [0, 0.1) is 5.82 Å². The van der Waals surface area contributed by atoms with Crippen molar-refractivity contribution in [1.82, 2.24) is 4.90 Å². The van der Waals surface area contributed by atoms with Crippen LogP contribution in [-0.2, 0) is 17.5 Å². The lowest BCUT2D eigenvalue weighted by Crippen LogP contribution is -2.50. The van der Waals surface area contributed by atoms with Crippen molar-refractivity contribution in [1.29, 1.82) is 0 Å². The molecule has 1 aliphatic heterocycles. The number of hydrogen-bond donors (Lipinski definition) is 2. The van der Waals surface area contributed by atoms with Crippen LogP contribution in [-0.4, -0.2) is 34.6 Å². The molecule has 0 radical (unpaired) electrons. The molecule has 1 atom stereocenters. The summed E-state index contributed by atoms with van der Waals surface area (Å²) >= 11 is 0. The minimum absolute atomic E-state index is 0.0141. The van der Waals surface area contributed by atoms with E-state index in [-0.39, 0.29) is 25.1 Å². The molecule has 8 heteroatoms. The zero-order chi connectivity index (χ0) is 15.8. The number of likely N-dealkylation sites (tertiary alicyclic amines) is 1. The molecule has 2 rings (SSSR count). The number of halogens is 4. The number of carbonyl (C=O) groups is 1. The van der Waals surface area contributed by atoms with E-state index in [1.807, 2.05) is 0 Å². The van der Waals surface area contributed by atoms with Crippen molar-refractivity contribution < 1.29 is 27.5 Å². The van der Waals surface area contributed by atoms with Crippen molar-refractivity contribution in [2.75, 3.05) is 13.1 Å². The fourth-order valence-corrected chi connectivity index (χ4v) is 2.39. The Morgan fingerprint density at radius 2 is 2.05 bits per heavy atom. The smallest absolute Gasteiger partial charge is 0.416 e. The van der Waals surface area contributed by atoms with E-state index >= 15 is 0 Å². The summed E-state index contributed by atoms with van der Waals surface area (Å²) in [5, 5.41) is 8.99. The molecule has 0 spiro atoms. The van der Waals surface area contributed by atoms with E-state index in [0.717, 1.165) is 12.1 Å². The van der Waals surface area contributed by atoms with Crippen LogP contribution in [0.3, 0.4) is 0 Å². The number of aliphatic carboxylic acids is 1. The molecule has 0 saturated carbocycles. The summed E-state index contributed by atoms with van der Waals surface area (Å²) in [5.41, 5.74) is 3.35. The molecule has 116 valence electrons. The van der Waals surface area contributed by atoms with Crippen molar-refractivity contribution in [3.8, 4) is 0 Å².